The van der Waals surface area contributed by atoms with Gasteiger partial charge in [0.25, 0.3) is 0 Å². The van der Waals surface area contributed by atoms with E-state index < -0.39 is 0 Å². The van der Waals surface area contributed by atoms with Gasteiger partial charge in [0.1, 0.15) is 5.82 Å². The second kappa shape index (κ2) is 9.18. The van der Waals surface area contributed by atoms with Crippen LogP contribution in [-0.2, 0) is 16.1 Å². The van der Waals surface area contributed by atoms with Crippen molar-refractivity contribution in [3.8, 4) is 11.1 Å². The molecule has 1 saturated carbocycles. The van der Waals surface area contributed by atoms with Gasteiger partial charge in [-0.2, -0.15) is 5.10 Å². The maximum absolute atomic E-state index is 12.9. The number of methoxy groups -OCH3 is 1. The minimum absolute atomic E-state index is 0.0108. The molecule has 2 aromatic heterocycles. The van der Waals surface area contributed by atoms with E-state index in [1.807, 2.05) is 28.9 Å². The first kappa shape index (κ1) is 22.5. The van der Waals surface area contributed by atoms with Crippen LogP contribution in [0.25, 0.3) is 11.1 Å². The van der Waals surface area contributed by atoms with Gasteiger partial charge in [0.2, 0.25) is 5.91 Å². The Balaban J connectivity index is 1.56. The van der Waals surface area contributed by atoms with Crippen molar-refractivity contribution < 1.29 is 9.53 Å². The maximum atomic E-state index is 12.9. The Bertz CT molecular complexity index is 1170. The van der Waals surface area contributed by atoms with Gasteiger partial charge in [-0.25, -0.2) is 4.98 Å². The molecule has 34 heavy (non-hydrogen) atoms. The van der Waals surface area contributed by atoms with Crippen LogP contribution in [0.5, 0.6) is 0 Å². The molecule has 178 valence electrons. The third-order valence-electron chi connectivity index (χ3n) is 7.00. The molecule has 1 amide bonds. The molecular weight excluding hydrogens is 428 g/mol. The van der Waals surface area contributed by atoms with Gasteiger partial charge in [-0.1, -0.05) is 13.0 Å². The lowest BCUT2D eigenvalue weighted by atomic mass is 9.79. The first-order valence-electron chi connectivity index (χ1n) is 12.0. The van der Waals surface area contributed by atoms with Gasteiger partial charge in [-0.15, -0.1) is 0 Å². The molecule has 8 heteroatoms. The minimum atomic E-state index is 0.0108. The Kier molecular flexibility index (Phi) is 6.08. The second-order valence-corrected chi connectivity index (χ2v) is 9.50. The summed E-state index contributed by atoms with van der Waals surface area (Å²) in [6, 6.07) is 6.56. The Labute approximate surface area is 200 Å². The van der Waals surface area contributed by atoms with Gasteiger partial charge in [0, 0.05) is 43.4 Å². The molecule has 3 atom stereocenters. The number of rotatable bonds is 7. The van der Waals surface area contributed by atoms with Crippen LogP contribution in [0.3, 0.4) is 0 Å². The molecule has 0 radical (unpaired) electrons. The lowest BCUT2D eigenvalue weighted by Gasteiger charge is -2.46. The molecule has 1 aromatic carbocycles. The summed E-state index contributed by atoms with van der Waals surface area (Å²) in [5.41, 5.74) is 5.08. The summed E-state index contributed by atoms with van der Waals surface area (Å²) in [6.07, 6.45) is 9.83. The summed E-state index contributed by atoms with van der Waals surface area (Å²) in [6.45, 7) is 7.18. The molecule has 3 heterocycles. The van der Waals surface area contributed by atoms with Gasteiger partial charge in [-0.3, -0.25) is 14.5 Å². The topological polar surface area (TPSA) is 85.2 Å². The number of carbonyl (C=O) groups excluding carboxylic acids is 1. The minimum Gasteiger partial charge on any atom is -0.383 e. The Morgan fingerprint density at radius 3 is 2.68 bits per heavy atom. The van der Waals surface area contributed by atoms with Crippen molar-refractivity contribution in [1.82, 2.24) is 19.7 Å². The molecule has 2 aliphatic rings. The van der Waals surface area contributed by atoms with E-state index in [4.69, 9.17) is 4.74 Å². The van der Waals surface area contributed by atoms with Gasteiger partial charge >= 0.3 is 0 Å². The summed E-state index contributed by atoms with van der Waals surface area (Å²) in [5, 5.41) is 8.13. The number of aromatic nitrogens is 4. The zero-order valence-electron chi connectivity index (χ0n) is 20.2. The molecule has 5 rings (SSSR count). The van der Waals surface area contributed by atoms with Crippen LogP contribution >= 0.6 is 0 Å². The molecule has 0 spiro atoms. The van der Waals surface area contributed by atoms with E-state index in [-0.39, 0.29) is 23.9 Å². The summed E-state index contributed by atoms with van der Waals surface area (Å²) in [4.78, 5) is 23.9. The highest BCUT2D eigenvalue weighted by Crippen LogP contribution is 2.50. The Morgan fingerprint density at radius 1 is 1.18 bits per heavy atom. The van der Waals surface area contributed by atoms with Crippen LogP contribution in [0, 0.1) is 18.8 Å². The summed E-state index contributed by atoms with van der Waals surface area (Å²) in [7, 11) is 1.69. The zero-order valence-corrected chi connectivity index (χ0v) is 20.2. The third kappa shape index (κ3) is 4.30. The number of anilines is 2. The molecule has 3 aromatic rings. The van der Waals surface area contributed by atoms with Crippen molar-refractivity contribution in [3.05, 3.63) is 54.2 Å². The maximum Gasteiger partial charge on any atom is 0.224 e. The summed E-state index contributed by atoms with van der Waals surface area (Å²) < 4.78 is 7.07. The smallest absolute Gasteiger partial charge is 0.224 e. The van der Waals surface area contributed by atoms with E-state index in [2.05, 4.69) is 45.5 Å². The van der Waals surface area contributed by atoms with Crippen molar-refractivity contribution in [3.63, 3.8) is 0 Å². The molecule has 0 saturated heterocycles. The fraction of sp³-hybridized carbons (Fsp3) is 0.462. The van der Waals surface area contributed by atoms with Crippen molar-refractivity contribution >= 4 is 17.4 Å². The van der Waals surface area contributed by atoms with Gasteiger partial charge < -0.3 is 15.0 Å². The van der Waals surface area contributed by atoms with E-state index in [0.29, 0.717) is 19.1 Å². The zero-order chi connectivity index (χ0) is 23.8. The summed E-state index contributed by atoms with van der Waals surface area (Å²) >= 11 is 0. The van der Waals surface area contributed by atoms with E-state index in [9.17, 15) is 4.79 Å². The highest BCUT2D eigenvalue weighted by atomic mass is 16.5. The standard InChI is InChI=1S/C26H32N6O2/c1-16-12-28-24(14-27-16)30-25-17(2)26(19-5-6-19)32(18(3)33)23-8-7-20(11-22(23)25)21-13-29-31(15-21)9-10-34-4/h7-8,11-15,17,19,25-26H,5-6,9-10H2,1-4H3,(H,28,30)/t17-,25?,26-/m1/s1. The average Bonchev–Trinajstić information content (AvgIpc) is 3.56. The highest BCUT2D eigenvalue weighted by molar-refractivity contribution is 5.94. The molecular formula is C26H32N6O2. The van der Waals surface area contributed by atoms with Gasteiger partial charge in [0.05, 0.1) is 43.5 Å². The van der Waals surface area contributed by atoms with E-state index >= 15 is 0 Å². The average molecular weight is 461 g/mol. The fourth-order valence-electron chi connectivity index (χ4n) is 5.19. The number of carbonyl (C=O) groups is 1. The Morgan fingerprint density at radius 2 is 2.00 bits per heavy atom. The number of fused-ring (bicyclic) bond motifs is 1. The largest absolute Gasteiger partial charge is 0.383 e. The van der Waals surface area contributed by atoms with Crippen LogP contribution in [0.1, 0.15) is 44.0 Å². The summed E-state index contributed by atoms with van der Waals surface area (Å²) in [5.74, 6) is 1.60. The number of amides is 1. The van der Waals surface area contributed by atoms with Crippen molar-refractivity contribution in [2.75, 3.05) is 23.9 Å². The van der Waals surface area contributed by atoms with Crippen molar-refractivity contribution in [2.24, 2.45) is 11.8 Å². The van der Waals surface area contributed by atoms with Crippen LogP contribution in [0.2, 0.25) is 0 Å². The number of ether oxygens (including phenoxy) is 1. The lowest BCUT2D eigenvalue weighted by molar-refractivity contribution is -0.117. The molecule has 1 N–H and O–H groups in total. The number of nitrogens with one attached hydrogen (secondary N) is 1. The second-order valence-electron chi connectivity index (χ2n) is 9.50. The predicted octanol–water partition coefficient (Wildman–Crippen LogP) is 4.23. The molecule has 8 nitrogen and oxygen atoms in total. The van der Waals surface area contributed by atoms with E-state index in [0.717, 1.165) is 33.9 Å². The quantitative estimate of drug-likeness (QED) is 0.568. The van der Waals surface area contributed by atoms with Gasteiger partial charge in [0.15, 0.2) is 0 Å². The van der Waals surface area contributed by atoms with E-state index in [1.165, 1.54) is 12.8 Å². The molecule has 1 unspecified atom stereocenters. The van der Waals surface area contributed by atoms with Gasteiger partial charge in [-0.05, 0) is 48.9 Å². The fourth-order valence-corrected chi connectivity index (χ4v) is 5.19. The first-order chi connectivity index (χ1) is 16.5. The first-order valence-corrected chi connectivity index (χ1v) is 12.0. The van der Waals surface area contributed by atoms with E-state index in [1.54, 1.807) is 26.4 Å². The highest BCUT2D eigenvalue weighted by Gasteiger charge is 2.47. The number of hydrogen-bond donors (Lipinski definition) is 1. The van der Waals surface area contributed by atoms with Crippen molar-refractivity contribution in [1.29, 1.82) is 0 Å². The molecule has 0 bridgehead atoms. The normalized spacial score (nSPS) is 21.9. The third-order valence-corrected chi connectivity index (χ3v) is 7.00. The molecule has 1 aliphatic heterocycles. The van der Waals surface area contributed by atoms with Crippen molar-refractivity contribution in [2.45, 2.75) is 52.2 Å². The number of nitrogens with zero attached hydrogens (tertiary/aromatic N) is 5. The van der Waals surface area contributed by atoms with Crippen LogP contribution < -0.4 is 10.2 Å². The number of aryl methyl sites for hydroxylation is 1. The number of hydrogen-bond acceptors (Lipinski definition) is 6. The number of benzene rings is 1. The monoisotopic (exact) mass is 460 g/mol. The SMILES string of the molecule is COCCn1cc(-c2ccc3c(c2)C(Nc2cnc(C)cn2)[C@@H](C)[C@H](C2CC2)N3C(C)=O)cn1. The van der Waals surface area contributed by atoms with Crippen LogP contribution in [-0.4, -0.2) is 45.4 Å². The molecule has 1 aliphatic carbocycles. The predicted molar refractivity (Wildman–Crippen MR) is 132 cm³/mol. The van der Waals surface area contributed by atoms with Crippen LogP contribution in [0.15, 0.2) is 43.0 Å². The lowest BCUT2D eigenvalue weighted by Crippen LogP contribution is -2.51. The molecule has 1 fully saturated rings. The Hall–Kier alpha value is -3.26. The van der Waals surface area contributed by atoms with Crippen LogP contribution in [0.4, 0.5) is 11.5 Å².